The minimum atomic E-state index is 0.271. The standard InChI is InChI=1S/C25H30ClN7/c1-16-12-22(28-15-27-16)32-13-18-5-6-19(14-32)23(18)29-25-30-24-21(4-2-3-11-33(24)31-25)17-7-9-20(26)10-8-17/h7-10,12,15,18-19,21,23H,2-6,11,13-14H2,1H3,(H,29,31)/t18-,19+,21-,23-/m0/s1. The van der Waals surface area contributed by atoms with E-state index < -0.39 is 0 Å². The molecule has 2 fully saturated rings. The highest BCUT2D eigenvalue weighted by molar-refractivity contribution is 6.30. The fourth-order valence-electron chi connectivity index (χ4n) is 6.00. The molecule has 0 unspecified atom stereocenters. The molecule has 2 bridgehead atoms. The maximum absolute atomic E-state index is 6.13. The summed E-state index contributed by atoms with van der Waals surface area (Å²) in [5.41, 5.74) is 2.29. The normalized spacial score (nSPS) is 26.7. The number of nitrogens with zero attached hydrogens (tertiary/aromatic N) is 6. The lowest BCUT2D eigenvalue weighted by Crippen LogP contribution is -2.48. The minimum Gasteiger partial charge on any atom is -0.356 e. The summed E-state index contributed by atoms with van der Waals surface area (Å²) in [5, 5.41) is 9.45. The Bertz CT molecular complexity index is 1110. The molecule has 8 heteroatoms. The monoisotopic (exact) mass is 463 g/mol. The molecule has 2 aliphatic heterocycles. The Balaban J connectivity index is 1.21. The summed E-state index contributed by atoms with van der Waals surface area (Å²) in [6, 6.07) is 10.7. The van der Waals surface area contributed by atoms with E-state index in [1.807, 2.05) is 19.1 Å². The molecular weight excluding hydrogens is 434 g/mol. The fraction of sp³-hybridized carbons (Fsp3) is 0.520. The van der Waals surface area contributed by atoms with Crippen LogP contribution in [0.2, 0.25) is 5.02 Å². The molecule has 4 atom stereocenters. The molecule has 6 rings (SSSR count). The Morgan fingerprint density at radius 2 is 1.79 bits per heavy atom. The van der Waals surface area contributed by atoms with Crippen LogP contribution in [0, 0.1) is 18.8 Å². The van der Waals surface area contributed by atoms with E-state index in [0.717, 1.165) is 60.8 Å². The van der Waals surface area contributed by atoms with Crippen LogP contribution in [0.15, 0.2) is 36.7 Å². The molecule has 1 saturated heterocycles. The lowest BCUT2D eigenvalue weighted by atomic mass is 9.92. The highest BCUT2D eigenvalue weighted by atomic mass is 35.5. The van der Waals surface area contributed by atoms with E-state index in [-0.39, 0.29) is 5.92 Å². The topological polar surface area (TPSA) is 71.8 Å². The van der Waals surface area contributed by atoms with Crippen molar-refractivity contribution in [3.8, 4) is 0 Å². The molecule has 33 heavy (non-hydrogen) atoms. The molecule has 0 radical (unpaired) electrons. The van der Waals surface area contributed by atoms with Gasteiger partial charge in [-0.15, -0.1) is 5.10 Å². The lowest BCUT2D eigenvalue weighted by Gasteiger charge is -2.38. The molecule has 1 saturated carbocycles. The first-order chi connectivity index (χ1) is 16.1. The van der Waals surface area contributed by atoms with Crippen molar-refractivity contribution in [1.82, 2.24) is 24.7 Å². The van der Waals surface area contributed by atoms with E-state index in [1.165, 1.54) is 24.8 Å². The zero-order chi connectivity index (χ0) is 22.4. The smallest absolute Gasteiger partial charge is 0.242 e. The highest BCUT2D eigenvalue weighted by Gasteiger charge is 2.43. The van der Waals surface area contributed by atoms with Gasteiger partial charge < -0.3 is 10.2 Å². The maximum Gasteiger partial charge on any atom is 0.242 e. The van der Waals surface area contributed by atoms with Crippen LogP contribution in [-0.4, -0.2) is 43.9 Å². The Morgan fingerprint density at radius 1 is 1.00 bits per heavy atom. The van der Waals surface area contributed by atoms with Gasteiger partial charge in [0.2, 0.25) is 5.95 Å². The number of benzene rings is 1. The molecule has 3 aliphatic rings. The van der Waals surface area contributed by atoms with Crippen molar-refractivity contribution >= 4 is 23.4 Å². The molecule has 7 nitrogen and oxygen atoms in total. The van der Waals surface area contributed by atoms with Gasteiger partial charge in [0.25, 0.3) is 0 Å². The quantitative estimate of drug-likeness (QED) is 0.606. The van der Waals surface area contributed by atoms with Crippen molar-refractivity contribution < 1.29 is 0 Å². The summed E-state index contributed by atoms with van der Waals surface area (Å²) < 4.78 is 2.13. The molecule has 3 aromatic rings. The zero-order valence-corrected chi connectivity index (χ0v) is 19.7. The maximum atomic E-state index is 6.13. The minimum absolute atomic E-state index is 0.271. The van der Waals surface area contributed by atoms with Gasteiger partial charge in [-0.2, -0.15) is 4.98 Å². The molecule has 2 aromatic heterocycles. The Labute approximate surface area is 199 Å². The van der Waals surface area contributed by atoms with Crippen LogP contribution in [0.25, 0.3) is 0 Å². The number of hydrogen-bond acceptors (Lipinski definition) is 6. The first kappa shape index (κ1) is 20.9. The number of aromatic nitrogens is 5. The van der Waals surface area contributed by atoms with E-state index in [4.69, 9.17) is 21.7 Å². The predicted octanol–water partition coefficient (Wildman–Crippen LogP) is 4.67. The second-order valence-electron chi connectivity index (χ2n) is 9.81. The van der Waals surface area contributed by atoms with Crippen LogP contribution in [0.1, 0.15) is 55.1 Å². The number of rotatable bonds is 4. The SMILES string of the molecule is Cc1cc(N2C[C@H]3CC[C@@H](C2)[C@@H]3Nc2nc3n(n2)CCCC[C@H]3c2ccc(Cl)cc2)ncn1. The van der Waals surface area contributed by atoms with Crippen LogP contribution in [-0.2, 0) is 6.54 Å². The average molecular weight is 464 g/mol. The Hall–Kier alpha value is -2.67. The van der Waals surface area contributed by atoms with E-state index >= 15 is 0 Å². The van der Waals surface area contributed by atoms with E-state index in [0.29, 0.717) is 17.9 Å². The summed E-state index contributed by atoms with van der Waals surface area (Å²) in [4.78, 5) is 16.3. The van der Waals surface area contributed by atoms with Crippen LogP contribution in [0.3, 0.4) is 0 Å². The van der Waals surface area contributed by atoms with Crippen molar-refractivity contribution in [2.75, 3.05) is 23.3 Å². The molecule has 1 aliphatic carbocycles. The third-order valence-corrected chi connectivity index (χ3v) is 7.89. The first-order valence-electron chi connectivity index (χ1n) is 12.1. The van der Waals surface area contributed by atoms with E-state index in [2.05, 4.69) is 43.1 Å². The first-order valence-corrected chi connectivity index (χ1v) is 12.5. The summed E-state index contributed by atoms with van der Waals surface area (Å²) in [6.45, 7) is 5.00. The highest BCUT2D eigenvalue weighted by Crippen LogP contribution is 2.40. The van der Waals surface area contributed by atoms with Crippen molar-refractivity contribution in [2.24, 2.45) is 11.8 Å². The molecule has 0 amide bonds. The van der Waals surface area contributed by atoms with Crippen LogP contribution in [0.5, 0.6) is 0 Å². The Kier molecular flexibility index (Phi) is 5.45. The zero-order valence-electron chi connectivity index (χ0n) is 19.0. The van der Waals surface area contributed by atoms with Crippen molar-refractivity contribution in [2.45, 2.75) is 57.5 Å². The fourth-order valence-corrected chi connectivity index (χ4v) is 6.12. The number of halogens is 1. The number of piperidine rings is 1. The number of aryl methyl sites for hydroxylation is 2. The Morgan fingerprint density at radius 3 is 2.55 bits per heavy atom. The van der Waals surface area contributed by atoms with Gasteiger partial charge >= 0.3 is 0 Å². The van der Waals surface area contributed by atoms with Crippen molar-refractivity contribution in [3.05, 3.63) is 58.8 Å². The molecular formula is C25H30ClN7. The van der Waals surface area contributed by atoms with Gasteiger partial charge in [0, 0.05) is 48.4 Å². The largest absolute Gasteiger partial charge is 0.356 e. The van der Waals surface area contributed by atoms with Crippen LogP contribution >= 0.6 is 11.6 Å². The van der Waals surface area contributed by atoms with Crippen molar-refractivity contribution in [3.63, 3.8) is 0 Å². The van der Waals surface area contributed by atoms with E-state index in [9.17, 15) is 0 Å². The average Bonchev–Trinajstić information content (AvgIpc) is 3.22. The third-order valence-electron chi connectivity index (χ3n) is 7.64. The summed E-state index contributed by atoms with van der Waals surface area (Å²) in [6.07, 6.45) is 7.58. The molecule has 4 heterocycles. The predicted molar refractivity (Wildman–Crippen MR) is 130 cm³/mol. The van der Waals surface area contributed by atoms with Gasteiger partial charge in [-0.3, -0.25) is 0 Å². The molecule has 1 N–H and O–H groups in total. The summed E-state index contributed by atoms with van der Waals surface area (Å²) in [5.74, 6) is 4.35. The van der Waals surface area contributed by atoms with Gasteiger partial charge in [-0.25, -0.2) is 14.6 Å². The second-order valence-corrected chi connectivity index (χ2v) is 10.2. The number of fused-ring (bicyclic) bond motifs is 3. The van der Waals surface area contributed by atoms with Gasteiger partial charge in [-0.05, 0) is 62.1 Å². The molecule has 0 spiro atoms. The number of anilines is 2. The molecule has 1 aromatic carbocycles. The van der Waals surface area contributed by atoms with Gasteiger partial charge in [0.05, 0.1) is 0 Å². The lowest BCUT2D eigenvalue weighted by molar-refractivity contribution is 0.374. The third kappa shape index (κ3) is 4.07. The van der Waals surface area contributed by atoms with Gasteiger partial charge in [0.15, 0.2) is 0 Å². The summed E-state index contributed by atoms with van der Waals surface area (Å²) >= 11 is 6.13. The van der Waals surface area contributed by atoms with E-state index in [1.54, 1.807) is 6.33 Å². The van der Waals surface area contributed by atoms with Crippen molar-refractivity contribution in [1.29, 1.82) is 0 Å². The van der Waals surface area contributed by atoms with Crippen LogP contribution in [0.4, 0.5) is 11.8 Å². The number of hydrogen-bond donors (Lipinski definition) is 1. The van der Waals surface area contributed by atoms with Gasteiger partial charge in [-0.1, -0.05) is 30.2 Å². The van der Waals surface area contributed by atoms with Crippen LogP contribution < -0.4 is 10.2 Å². The molecule has 172 valence electrons. The van der Waals surface area contributed by atoms with Gasteiger partial charge in [0.1, 0.15) is 18.0 Å². The number of nitrogens with one attached hydrogen (secondary N) is 1. The summed E-state index contributed by atoms with van der Waals surface area (Å²) in [7, 11) is 0. The second kappa shape index (κ2) is 8.60.